The molecule has 0 aromatic carbocycles. The second-order valence-corrected chi connectivity index (χ2v) is 17.0. The maximum absolute atomic E-state index is 14.5. The number of fused-ring (bicyclic) bond motifs is 5. The van der Waals surface area contributed by atoms with Gasteiger partial charge in [-0.3, -0.25) is 14.6 Å². The molecular formula is C41H61N7O12. The lowest BCUT2D eigenvalue weighted by Gasteiger charge is -2.47. The minimum Gasteiger partial charge on any atom is -0.459 e. The normalized spacial score (nSPS) is 37.6. The van der Waals surface area contributed by atoms with E-state index in [9.17, 15) is 29.9 Å². The number of ketones is 1. The predicted octanol–water partition coefficient (Wildman–Crippen LogP) is 3.35. The highest BCUT2D eigenvalue weighted by molar-refractivity contribution is 6.00. The van der Waals surface area contributed by atoms with E-state index in [1.54, 1.807) is 70.0 Å². The highest BCUT2D eigenvalue weighted by Crippen LogP contribution is 2.40. The van der Waals surface area contributed by atoms with E-state index in [4.69, 9.17) is 28.5 Å². The first-order chi connectivity index (χ1) is 28.3. The molecule has 0 aliphatic carbocycles. The van der Waals surface area contributed by atoms with Gasteiger partial charge in [-0.05, 0) is 79.3 Å². The molecule has 3 aliphatic rings. The smallest absolute Gasteiger partial charge is 0.316 e. The van der Waals surface area contributed by atoms with Gasteiger partial charge in [-0.2, -0.15) is 5.10 Å². The first-order valence-corrected chi connectivity index (χ1v) is 20.5. The van der Waals surface area contributed by atoms with E-state index in [1.807, 2.05) is 32.0 Å². The first-order valence-electron chi connectivity index (χ1n) is 20.5. The van der Waals surface area contributed by atoms with Crippen molar-refractivity contribution < 1.29 is 53.4 Å². The average Bonchev–Trinajstić information content (AvgIpc) is 3.74. The van der Waals surface area contributed by atoms with Gasteiger partial charge in [0.15, 0.2) is 23.7 Å². The second-order valence-electron chi connectivity index (χ2n) is 17.0. The molecule has 0 saturated carbocycles. The molecule has 3 aliphatic heterocycles. The highest BCUT2D eigenvalue weighted by atomic mass is 16.7. The Morgan fingerprint density at radius 2 is 1.85 bits per heavy atom. The lowest BCUT2D eigenvalue weighted by Crippen LogP contribution is -2.60. The van der Waals surface area contributed by atoms with Gasteiger partial charge in [0, 0.05) is 36.2 Å². The zero-order valence-corrected chi connectivity index (χ0v) is 36.2. The highest BCUT2D eigenvalue weighted by Gasteiger charge is 2.53. The van der Waals surface area contributed by atoms with Crippen LogP contribution in [-0.2, 0) is 44.7 Å². The number of hydrogen-bond donors (Lipinski definition) is 2. The summed E-state index contributed by atoms with van der Waals surface area (Å²) in [6, 6.07) is 5.03. The number of esters is 1. The molecule has 19 nitrogen and oxygen atoms in total. The number of aromatic nitrogens is 3. The van der Waals surface area contributed by atoms with Gasteiger partial charge in [0.1, 0.15) is 29.4 Å². The summed E-state index contributed by atoms with van der Waals surface area (Å²) in [6.45, 7) is 12.5. The Morgan fingerprint density at radius 3 is 2.47 bits per heavy atom. The standard InChI is InChI=1S/C41H61N7O12/c1-11-32-41(8,52)37-25(4)33(44-48(53)54)23(2)18-40(7,56-21-29(20-55-37)45-57-22-28-13-14-30(19-42-28)47-16-12-15-43-47)36(26(5)34(49)27(6)38(51)59-32)60-39-35(50)31(46(9)10)17-24(3)58-39/h12-16,19,23-27,31-32,35-37,39,50,52H,11,17-18,20-22H2,1-10H3/b44-33+,45-29+/t23-,24-,25+,26+,27-,31+,32-,35-,36-,37+,39+,40-,41-/m1/s1. The van der Waals surface area contributed by atoms with Gasteiger partial charge in [0.25, 0.3) is 0 Å². The van der Waals surface area contributed by atoms with Crippen molar-refractivity contribution in [3.63, 3.8) is 0 Å². The second kappa shape index (κ2) is 19.6. The lowest BCUT2D eigenvalue weighted by atomic mass is 9.74. The number of aliphatic hydroxyl groups is 2. The van der Waals surface area contributed by atoms with Crippen LogP contribution < -0.4 is 0 Å². The third-order valence-corrected chi connectivity index (χ3v) is 12.0. The average molecular weight is 844 g/mol. The fraction of sp³-hybridized carbons (Fsp3) is 0.707. The van der Waals surface area contributed by atoms with Crippen LogP contribution in [-0.4, -0.2) is 139 Å². The Bertz CT molecular complexity index is 1840. The SMILES string of the molecule is CC[C@H]1OC(=O)[C@H](C)C(=O)[C@H](C)[C@@H](O[C@@H]2O[C@H](C)C[C@H](N(C)C)[C@H]2O)[C@@]2(C)C[C@@H](C)/C(=N\[N+](=O)[O-])[C@H](C)[C@H](OC/C(=N\OCc3ccc(-n4cccn4)cn3)CO2)[C@]1(C)O. The number of carbonyl (C=O) groups excluding carboxylic acids is 2. The summed E-state index contributed by atoms with van der Waals surface area (Å²) in [7, 11) is 3.67. The first kappa shape index (κ1) is 46.8. The Labute approximate surface area is 350 Å². The van der Waals surface area contributed by atoms with Crippen molar-refractivity contribution in [1.82, 2.24) is 19.7 Å². The number of oxime groups is 1. The zero-order chi connectivity index (χ0) is 44.1. The number of cyclic esters (lactones) is 1. The summed E-state index contributed by atoms with van der Waals surface area (Å²) in [5, 5.41) is 47.8. The number of hydrogen-bond acceptors (Lipinski definition) is 16. The molecule has 0 radical (unpaired) electrons. The van der Waals surface area contributed by atoms with Crippen molar-refractivity contribution in [1.29, 1.82) is 0 Å². The van der Waals surface area contributed by atoms with Gasteiger partial charge in [-0.25, -0.2) is 14.8 Å². The molecule has 13 atom stereocenters. The summed E-state index contributed by atoms with van der Waals surface area (Å²) in [4.78, 5) is 52.6. The molecule has 2 bridgehead atoms. The molecule has 3 fully saturated rings. The van der Waals surface area contributed by atoms with Crippen molar-refractivity contribution in [2.24, 2.45) is 33.9 Å². The molecule has 332 valence electrons. The fourth-order valence-corrected chi connectivity index (χ4v) is 8.75. The molecule has 2 aromatic rings. The number of nitro groups is 1. The van der Waals surface area contributed by atoms with Crippen LogP contribution in [0.15, 0.2) is 47.0 Å². The van der Waals surface area contributed by atoms with Crippen LogP contribution in [0.2, 0.25) is 0 Å². The Kier molecular flexibility index (Phi) is 15.3. The van der Waals surface area contributed by atoms with E-state index >= 15 is 0 Å². The summed E-state index contributed by atoms with van der Waals surface area (Å²) in [5.41, 5.74) is -1.91. The Morgan fingerprint density at radius 1 is 1.12 bits per heavy atom. The van der Waals surface area contributed by atoms with E-state index < -0.39 is 82.4 Å². The van der Waals surface area contributed by atoms with Gasteiger partial charge in [-0.1, -0.05) is 32.9 Å². The van der Waals surface area contributed by atoms with Crippen molar-refractivity contribution >= 4 is 23.2 Å². The third kappa shape index (κ3) is 10.6. The number of aliphatic hydroxyl groups excluding tert-OH is 1. The molecule has 5 heterocycles. The van der Waals surface area contributed by atoms with Crippen LogP contribution in [0.3, 0.4) is 0 Å². The Hall–Kier alpha value is -4.24. The third-order valence-electron chi connectivity index (χ3n) is 12.0. The van der Waals surface area contributed by atoms with Crippen molar-refractivity contribution in [3.8, 4) is 5.69 Å². The maximum atomic E-state index is 14.5. The topological polar surface area (TPSA) is 232 Å². The number of rotatable bonds is 9. The molecule has 3 saturated heterocycles. The van der Waals surface area contributed by atoms with E-state index in [0.717, 1.165) is 5.69 Å². The van der Waals surface area contributed by atoms with Gasteiger partial charge in [-0.15, -0.1) is 0 Å². The summed E-state index contributed by atoms with van der Waals surface area (Å²) in [6.07, 6.45) is -0.766. The minimum atomic E-state index is -1.97. The quantitative estimate of drug-likeness (QED) is 0.160. The number of ether oxygens (including phenoxy) is 5. The number of pyridine rings is 1. The van der Waals surface area contributed by atoms with Gasteiger partial charge in [0.05, 0.1) is 65.5 Å². The van der Waals surface area contributed by atoms with Crippen LogP contribution in [0.25, 0.3) is 5.69 Å². The van der Waals surface area contributed by atoms with Crippen molar-refractivity contribution in [3.05, 3.63) is 52.6 Å². The number of likely N-dealkylation sites (N-methyl/N-ethyl adjacent to an activating group) is 1. The van der Waals surface area contributed by atoms with E-state index in [2.05, 4.69) is 20.3 Å². The van der Waals surface area contributed by atoms with E-state index in [0.29, 0.717) is 12.1 Å². The van der Waals surface area contributed by atoms with Gasteiger partial charge in [0.2, 0.25) is 0 Å². The largest absolute Gasteiger partial charge is 0.459 e. The van der Waals surface area contributed by atoms with Crippen LogP contribution in [0.4, 0.5) is 0 Å². The van der Waals surface area contributed by atoms with E-state index in [1.165, 1.54) is 13.8 Å². The zero-order valence-electron chi connectivity index (χ0n) is 36.2. The van der Waals surface area contributed by atoms with Crippen molar-refractivity contribution in [2.75, 3.05) is 27.3 Å². The van der Waals surface area contributed by atoms with Crippen molar-refractivity contribution in [2.45, 2.75) is 135 Å². The summed E-state index contributed by atoms with van der Waals surface area (Å²) in [5.74, 6) is -5.55. The van der Waals surface area contributed by atoms with Gasteiger partial charge < -0.3 is 43.6 Å². The van der Waals surface area contributed by atoms with Crippen LogP contribution in [0, 0.1) is 33.8 Å². The van der Waals surface area contributed by atoms with Gasteiger partial charge >= 0.3 is 5.97 Å². The van der Waals surface area contributed by atoms with Crippen LogP contribution in [0.1, 0.15) is 80.3 Å². The molecule has 5 rings (SSSR count). The number of hydrazone groups is 1. The number of Topliss-reactive ketones (excluding diaryl/α,β-unsaturated/α-hetero) is 1. The molecule has 19 heteroatoms. The fourth-order valence-electron chi connectivity index (χ4n) is 8.75. The molecule has 60 heavy (non-hydrogen) atoms. The molecular weight excluding hydrogens is 782 g/mol. The molecule has 2 N–H and O–H groups in total. The summed E-state index contributed by atoms with van der Waals surface area (Å²) < 4.78 is 33.7. The summed E-state index contributed by atoms with van der Waals surface area (Å²) >= 11 is 0. The van der Waals surface area contributed by atoms with Crippen LogP contribution >= 0.6 is 0 Å². The molecule has 0 amide bonds. The monoisotopic (exact) mass is 843 g/mol. The number of nitrogens with zero attached hydrogens (tertiary/aromatic N) is 7. The molecule has 2 aromatic heterocycles. The number of carbonyl (C=O) groups is 2. The molecule has 0 spiro atoms. The minimum absolute atomic E-state index is 0.0205. The maximum Gasteiger partial charge on any atom is 0.316 e. The Balaban J connectivity index is 1.63. The lowest BCUT2D eigenvalue weighted by molar-refractivity contribution is -0.485. The predicted molar refractivity (Wildman–Crippen MR) is 216 cm³/mol. The molecule has 0 unspecified atom stereocenters. The van der Waals surface area contributed by atoms with E-state index in [-0.39, 0.29) is 56.2 Å². The van der Waals surface area contributed by atoms with Crippen LogP contribution in [0.5, 0.6) is 0 Å².